The zero-order valence-electron chi connectivity index (χ0n) is 6.42. The molecule has 1 atom stereocenters. The fraction of sp³-hybridized carbons (Fsp3) is 0.833. The first-order valence-corrected chi connectivity index (χ1v) is 3.33. The molecule has 4 heteroatoms. The summed E-state index contributed by atoms with van der Waals surface area (Å²) in [6.07, 6.45) is 0.686. The van der Waals surface area contributed by atoms with E-state index < -0.39 is 5.91 Å². The van der Waals surface area contributed by atoms with Crippen LogP contribution in [0.15, 0.2) is 0 Å². The molecule has 5 N–H and O–H groups in total. The van der Waals surface area contributed by atoms with Crippen molar-refractivity contribution >= 4 is 5.91 Å². The third-order valence-electron chi connectivity index (χ3n) is 1.25. The number of nitrogens with one attached hydrogen (secondary N) is 1. The SMILES string of the molecule is CC(C)C[C@H](NN)C(N)=O. The van der Waals surface area contributed by atoms with Crippen LogP contribution < -0.4 is 17.0 Å². The van der Waals surface area contributed by atoms with Crippen molar-refractivity contribution in [3.05, 3.63) is 0 Å². The number of hydrogen-bond acceptors (Lipinski definition) is 3. The van der Waals surface area contributed by atoms with Crippen molar-refractivity contribution in [2.24, 2.45) is 17.5 Å². The van der Waals surface area contributed by atoms with E-state index in [1.807, 2.05) is 13.8 Å². The van der Waals surface area contributed by atoms with Crippen molar-refractivity contribution in [1.82, 2.24) is 5.43 Å². The Morgan fingerprint density at radius 2 is 2.10 bits per heavy atom. The molecule has 0 unspecified atom stereocenters. The number of carbonyl (C=O) groups excluding carboxylic acids is 1. The lowest BCUT2D eigenvalue weighted by Crippen LogP contribution is -2.45. The fourth-order valence-corrected chi connectivity index (χ4v) is 0.738. The summed E-state index contributed by atoms with van der Waals surface area (Å²) in [6.45, 7) is 4.01. The second-order valence-corrected chi connectivity index (χ2v) is 2.75. The average molecular weight is 145 g/mol. The van der Waals surface area contributed by atoms with Crippen LogP contribution in [0.2, 0.25) is 0 Å². The predicted molar refractivity (Wildman–Crippen MR) is 39.8 cm³/mol. The molecule has 0 saturated heterocycles. The summed E-state index contributed by atoms with van der Waals surface area (Å²) < 4.78 is 0. The van der Waals surface area contributed by atoms with Crippen molar-refractivity contribution < 1.29 is 4.79 Å². The molecule has 0 fully saturated rings. The van der Waals surface area contributed by atoms with Crippen molar-refractivity contribution in [2.45, 2.75) is 26.3 Å². The molecule has 0 spiro atoms. The first kappa shape index (κ1) is 9.39. The molecular weight excluding hydrogens is 130 g/mol. The molecule has 10 heavy (non-hydrogen) atoms. The van der Waals surface area contributed by atoms with Gasteiger partial charge in [-0.15, -0.1) is 0 Å². The maximum Gasteiger partial charge on any atom is 0.235 e. The summed E-state index contributed by atoms with van der Waals surface area (Å²) in [5.74, 6) is 5.10. The number of hydrazine groups is 1. The number of amides is 1. The van der Waals surface area contributed by atoms with Crippen LogP contribution in [0.5, 0.6) is 0 Å². The van der Waals surface area contributed by atoms with Crippen LogP contribution in [0.25, 0.3) is 0 Å². The Labute approximate surface area is 60.9 Å². The highest BCUT2D eigenvalue weighted by Crippen LogP contribution is 2.02. The Balaban J connectivity index is 3.72. The molecule has 60 valence electrons. The van der Waals surface area contributed by atoms with Gasteiger partial charge in [0.05, 0.1) is 6.04 Å². The molecule has 0 heterocycles. The molecular formula is C6H15N3O. The molecule has 0 aromatic carbocycles. The highest BCUT2D eigenvalue weighted by Gasteiger charge is 2.13. The van der Waals surface area contributed by atoms with E-state index in [1.165, 1.54) is 0 Å². The Bertz CT molecular complexity index is 114. The van der Waals surface area contributed by atoms with Crippen LogP contribution in [-0.2, 0) is 4.79 Å². The van der Waals surface area contributed by atoms with Gasteiger partial charge in [0.2, 0.25) is 5.91 Å². The first-order valence-electron chi connectivity index (χ1n) is 3.33. The molecule has 0 aliphatic carbocycles. The minimum absolute atomic E-state index is 0.389. The monoisotopic (exact) mass is 145 g/mol. The normalized spacial score (nSPS) is 13.6. The highest BCUT2D eigenvalue weighted by atomic mass is 16.1. The van der Waals surface area contributed by atoms with Gasteiger partial charge in [-0.05, 0) is 12.3 Å². The van der Waals surface area contributed by atoms with E-state index in [-0.39, 0.29) is 6.04 Å². The van der Waals surface area contributed by atoms with E-state index in [2.05, 4.69) is 5.43 Å². The van der Waals surface area contributed by atoms with Gasteiger partial charge in [-0.25, -0.2) is 5.43 Å². The van der Waals surface area contributed by atoms with Crippen LogP contribution in [0.3, 0.4) is 0 Å². The second kappa shape index (κ2) is 4.24. The van der Waals surface area contributed by atoms with Gasteiger partial charge < -0.3 is 5.73 Å². The Kier molecular flexibility index (Phi) is 3.99. The number of primary amides is 1. The maximum atomic E-state index is 10.5. The molecule has 0 saturated carbocycles. The van der Waals surface area contributed by atoms with Gasteiger partial charge in [0.15, 0.2) is 0 Å². The van der Waals surface area contributed by atoms with Gasteiger partial charge in [-0.3, -0.25) is 10.6 Å². The number of nitrogens with two attached hydrogens (primary N) is 2. The number of rotatable bonds is 4. The van der Waals surface area contributed by atoms with Gasteiger partial charge >= 0.3 is 0 Å². The lowest BCUT2D eigenvalue weighted by Gasteiger charge is -2.13. The standard InChI is InChI=1S/C6H15N3O/c1-4(2)3-5(9-8)6(7)10/h4-5,9H,3,8H2,1-2H3,(H2,7,10)/t5-/m0/s1. The van der Waals surface area contributed by atoms with E-state index in [0.29, 0.717) is 12.3 Å². The molecule has 0 radical (unpaired) electrons. The predicted octanol–water partition coefficient (Wildman–Crippen LogP) is -0.650. The molecule has 0 rings (SSSR count). The molecule has 0 aliphatic rings. The molecule has 0 aliphatic heterocycles. The van der Waals surface area contributed by atoms with Crippen LogP contribution >= 0.6 is 0 Å². The summed E-state index contributed by atoms with van der Waals surface area (Å²) in [7, 11) is 0. The van der Waals surface area contributed by atoms with E-state index in [4.69, 9.17) is 11.6 Å². The summed E-state index contributed by atoms with van der Waals surface area (Å²) in [5.41, 5.74) is 7.37. The van der Waals surface area contributed by atoms with Crippen molar-refractivity contribution in [1.29, 1.82) is 0 Å². The minimum atomic E-state index is -0.392. The van der Waals surface area contributed by atoms with Crippen LogP contribution in [0, 0.1) is 5.92 Å². The topological polar surface area (TPSA) is 81.1 Å². The van der Waals surface area contributed by atoms with Crippen LogP contribution in [0.4, 0.5) is 0 Å². The largest absolute Gasteiger partial charge is 0.368 e. The lowest BCUT2D eigenvalue weighted by molar-refractivity contribution is -0.120. The second-order valence-electron chi connectivity index (χ2n) is 2.75. The zero-order valence-corrected chi connectivity index (χ0v) is 6.42. The van der Waals surface area contributed by atoms with Crippen molar-refractivity contribution in [3.8, 4) is 0 Å². The Morgan fingerprint density at radius 1 is 1.60 bits per heavy atom. The summed E-state index contributed by atoms with van der Waals surface area (Å²) in [6, 6.07) is -0.389. The van der Waals surface area contributed by atoms with Crippen molar-refractivity contribution in [3.63, 3.8) is 0 Å². The van der Waals surface area contributed by atoms with Gasteiger partial charge in [-0.1, -0.05) is 13.8 Å². The quantitative estimate of drug-likeness (QED) is 0.363. The smallest absolute Gasteiger partial charge is 0.235 e. The van der Waals surface area contributed by atoms with Crippen LogP contribution in [0.1, 0.15) is 20.3 Å². The average Bonchev–Trinajstić information content (AvgIpc) is 1.81. The lowest BCUT2D eigenvalue weighted by atomic mass is 10.0. The Hall–Kier alpha value is -0.610. The van der Waals surface area contributed by atoms with Crippen molar-refractivity contribution in [2.75, 3.05) is 0 Å². The zero-order chi connectivity index (χ0) is 8.15. The van der Waals surface area contributed by atoms with E-state index in [9.17, 15) is 4.79 Å². The van der Waals surface area contributed by atoms with E-state index >= 15 is 0 Å². The van der Waals surface area contributed by atoms with Gasteiger partial charge in [0, 0.05) is 0 Å². The number of hydrogen-bond donors (Lipinski definition) is 3. The minimum Gasteiger partial charge on any atom is -0.368 e. The van der Waals surface area contributed by atoms with Crippen LogP contribution in [-0.4, -0.2) is 11.9 Å². The van der Waals surface area contributed by atoms with Gasteiger partial charge in [0.1, 0.15) is 0 Å². The summed E-state index contributed by atoms with van der Waals surface area (Å²) >= 11 is 0. The molecule has 0 bridgehead atoms. The Morgan fingerprint density at radius 3 is 2.20 bits per heavy atom. The molecule has 0 aromatic rings. The molecule has 4 nitrogen and oxygen atoms in total. The summed E-state index contributed by atoms with van der Waals surface area (Å²) in [4.78, 5) is 10.5. The van der Waals surface area contributed by atoms with E-state index in [0.717, 1.165) is 0 Å². The van der Waals surface area contributed by atoms with Gasteiger partial charge in [0.25, 0.3) is 0 Å². The first-order chi connectivity index (χ1) is 4.57. The highest BCUT2D eigenvalue weighted by molar-refractivity contribution is 5.79. The molecule has 1 amide bonds. The maximum absolute atomic E-state index is 10.5. The van der Waals surface area contributed by atoms with E-state index in [1.54, 1.807) is 0 Å². The molecule has 0 aromatic heterocycles. The fourth-order valence-electron chi connectivity index (χ4n) is 0.738. The van der Waals surface area contributed by atoms with Gasteiger partial charge in [-0.2, -0.15) is 0 Å². The third kappa shape index (κ3) is 3.42. The summed E-state index contributed by atoms with van der Waals surface area (Å²) in [5, 5.41) is 0. The number of carbonyl (C=O) groups is 1. The third-order valence-corrected chi connectivity index (χ3v) is 1.25.